The number of carbonyl (C=O) groups excluding carboxylic acids is 10. The van der Waals surface area contributed by atoms with Crippen molar-refractivity contribution in [1.82, 2.24) is 52.4 Å². The third-order valence-corrected chi connectivity index (χ3v) is 12.9. The van der Waals surface area contributed by atoms with Gasteiger partial charge in [0.05, 0.1) is 38.5 Å². The Hall–Kier alpha value is -8.62. The van der Waals surface area contributed by atoms with Crippen LogP contribution >= 0.6 is 0 Å². The number of primary amides is 1. The summed E-state index contributed by atoms with van der Waals surface area (Å²) in [6.07, 6.45) is 2.10. The molecule has 1 aliphatic rings. The quantitative estimate of drug-likeness (QED) is 0.0315. The topological polar surface area (TPSA) is 433 Å². The maximum absolute atomic E-state index is 13.8. The average Bonchev–Trinajstić information content (AvgIpc) is 4.07. The van der Waals surface area contributed by atoms with Gasteiger partial charge in [0.2, 0.25) is 59.1 Å². The maximum Gasteiger partial charge on any atom is 0.326 e. The second kappa shape index (κ2) is 30.2. The predicted molar refractivity (Wildman–Crippen MR) is 278 cm³/mol. The number of hydrogen-bond donors (Lipinski definition) is 14. The number of nitrogens with two attached hydrogens (primary N) is 2. The van der Waals surface area contributed by atoms with Crippen LogP contribution in [0.15, 0.2) is 54.7 Å². The third kappa shape index (κ3) is 19.2. The molecule has 16 N–H and O–H groups in total. The Morgan fingerprint density at radius 3 is 2.00 bits per heavy atom. The number of carboxylic acids is 2. The number of para-hydroxylation sites is 1. The standard InChI is InChI=1S/C51H70N12O15/c1-4-6-11-34(51(77)78)59-49(75)44(27(3)5-2)62-42(68)25-55-40(66)24-56-46(72)35(19-28-14-16-30(64)17-15-28)60-47(73)36(22-43(69)70)58-41(67)26-57-48(74)38-13-9-18-63(38)50(76)37(21-39(53)65)61-45(71)32(52)20-29-23-54-33-12-8-7-10-31(29)33/h7-8,10,12,14-17,23,27,32,34-38,44,54,64H,4-6,9,11,13,18-22,24-26,52H2,1-3H3,(H2,53,65)(H,55,66)(H,56,72)(H,57,74)(H,58,67)(H,59,75)(H,60,73)(H,61,71)(H,62,68)(H,69,70)(H,77,78)/t27-,32-,34-,35-,36-,37-,38-,44-/m0/s1. The maximum atomic E-state index is 13.8. The second-order valence-electron chi connectivity index (χ2n) is 18.9. The molecule has 78 heavy (non-hydrogen) atoms. The molecule has 424 valence electrons. The molecule has 27 nitrogen and oxygen atoms in total. The zero-order valence-electron chi connectivity index (χ0n) is 43.6. The van der Waals surface area contributed by atoms with E-state index in [9.17, 15) is 72.9 Å². The van der Waals surface area contributed by atoms with E-state index in [-0.39, 0.29) is 38.0 Å². The molecule has 3 aromatic rings. The van der Waals surface area contributed by atoms with Gasteiger partial charge in [-0.15, -0.1) is 0 Å². The van der Waals surface area contributed by atoms with Gasteiger partial charge < -0.3 is 79.2 Å². The molecule has 2 heterocycles. The van der Waals surface area contributed by atoms with Crippen LogP contribution < -0.4 is 54.0 Å². The summed E-state index contributed by atoms with van der Waals surface area (Å²) in [5.41, 5.74) is 13.6. The van der Waals surface area contributed by atoms with E-state index in [2.05, 4.69) is 47.5 Å². The van der Waals surface area contributed by atoms with E-state index in [0.717, 1.165) is 21.4 Å². The van der Waals surface area contributed by atoms with Crippen LogP contribution in [0.5, 0.6) is 5.75 Å². The van der Waals surface area contributed by atoms with Gasteiger partial charge in [0.1, 0.15) is 42.0 Å². The second-order valence-corrected chi connectivity index (χ2v) is 18.9. The van der Waals surface area contributed by atoms with Crippen LogP contribution in [0.4, 0.5) is 0 Å². The van der Waals surface area contributed by atoms with Crippen LogP contribution in [0.2, 0.25) is 0 Å². The van der Waals surface area contributed by atoms with E-state index in [1.165, 1.54) is 24.3 Å². The molecule has 0 radical (unpaired) electrons. The van der Waals surface area contributed by atoms with Crippen molar-refractivity contribution in [3.8, 4) is 5.75 Å². The molecule has 0 bridgehead atoms. The number of phenolic OH excluding ortho intramolecular Hbond substituents is 1. The molecule has 8 atom stereocenters. The van der Waals surface area contributed by atoms with Gasteiger partial charge in [-0.25, -0.2) is 4.79 Å². The first-order valence-corrected chi connectivity index (χ1v) is 25.4. The first-order chi connectivity index (χ1) is 37.0. The number of carboxylic acid groups (broad SMARTS) is 2. The van der Waals surface area contributed by atoms with E-state index in [4.69, 9.17) is 11.5 Å². The fourth-order valence-corrected chi connectivity index (χ4v) is 8.46. The number of aromatic nitrogens is 1. The number of nitrogens with one attached hydrogen (secondary N) is 9. The lowest BCUT2D eigenvalue weighted by molar-refractivity contribution is -0.143. The van der Waals surface area contributed by atoms with Crippen molar-refractivity contribution in [2.75, 3.05) is 26.2 Å². The molecule has 0 saturated carbocycles. The molecule has 0 unspecified atom stereocenters. The molecule has 1 aliphatic heterocycles. The number of hydrogen-bond acceptors (Lipinski definition) is 14. The predicted octanol–water partition coefficient (Wildman–Crippen LogP) is -2.58. The number of aromatic hydroxyl groups is 1. The third-order valence-electron chi connectivity index (χ3n) is 12.9. The fourth-order valence-electron chi connectivity index (χ4n) is 8.46. The Balaban J connectivity index is 1.35. The van der Waals surface area contributed by atoms with Crippen LogP contribution in [0.1, 0.15) is 83.3 Å². The summed E-state index contributed by atoms with van der Waals surface area (Å²) in [6.45, 7) is 3.09. The minimum atomic E-state index is -1.85. The number of fused-ring (bicyclic) bond motifs is 1. The summed E-state index contributed by atoms with van der Waals surface area (Å²) in [4.78, 5) is 160. The van der Waals surface area contributed by atoms with Crippen LogP contribution in [0.25, 0.3) is 10.9 Å². The number of benzene rings is 2. The van der Waals surface area contributed by atoms with Crippen molar-refractivity contribution < 1.29 is 72.9 Å². The summed E-state index contributed by atoms with van der Waals surface area (Å²) < 4.78 is 0. The lowest BCUT2D eigenvalue weighted by Gasteiger charge is -2.29. The highest BCUT2D eigenvalue weighted by molar-refractivity contribution is 5.99. The van der Waals surface area contributed by atoms with Crippen LogP contribution in [0, 0.1) is 5.92 Å². The Bertz CT molecular complexity index is 2660. The molecule has 1 fully saturated rings. The molecule has 4 rings (SSSR count). The van der Waals surface area contributed by atoms with Crippen molar-refractivity contribution in [2.24, 2.45) is 17.4 Å². The largest absolute Gasteiger partial charge is 0.508 e. The summed E-state index contributed by atoms with van der Waals surface area (Å²) in [5, 5.41) is 48.9. The zero-order valence-corrected chi connectivity index (χ0v) is 43.6. The molecule has 1 aromatic heterocycles. The van der Waals surface area contributed by atoms with Crippen molar-refractivity contribution in [3.63, 3.8) is 0 Å². The number of aromatic amines is 1. The van der Waals surface area contributed by atoms with Gasteiger partial charge >= 0.3 is 11.9 Å². The molecule has 10 amide bonds. The number of nitrogens with zero attached hydrogens (tertiary/aromatic N) is 1. The Morgan fingerprint density at radius 1 is 0.705 bits per heavy atom. The lowest BCUT2D eigenvalue weighted by atomic mass is 9.97. The van der Waals surface area contributed by atoms with Crippen molar-refractivity contribution in [1.29, 1.82) is 0 Å². The molecular formula is C51H70N12O15. The number of amides is 10. The lowest BCUT2D eigenvalue weighted by Crippen LogP contribution is -2.58. The molecule has 1 saturated heterocycles. The zero-order chi connectivity index (χ0) is 57.6. The monoisotopic (exact) mass is 1090 g/mol. The van der Waals surface area contributed by atoms with E-state index < -0.39 is 152 Å². The SMILES string of the molecule is CCCC[C@H](NC(=O)[C@@H](NC(=O)CNC(=O)CNC(=O)[C@H](Cc1ccc(O)cc1)NC(=O)[C@H](CC(=O)O)NC(=O)CNC(=O)[C@@H]1CCCN1C(=O)[C@H](CC(N)=O)NC(=O)[C@@H](N)Cc1c[nH]c2ccccc12)[C@@H](C)CC)C(=O)O. The number of unbranched alkanes of at least 4 members (excludes halogenated alkanes) is 1. The summed E-state index contributed by atoms with van der Waals surface area (Å²) >= 11 is 0. The fraction of sp³-hybridized carbons (Fsp3) is 0.490. The minimum Gasteiger partial charge on any atom is -0.508 e. The van der Waals surface area contributed by atoms with E-state index in [1.54, 1.807) is 20.0 Å². The molecule has 0 aliphatic carbocycles. The van der Waals surface area contributed by atoms with Gasteiger partial charge in [0.15, 0.2) is 0 Å². The van der Waals surface area contributed by atoms with E-state index >= 15 is 0 Å². The summed E-state index contributed by atoms with van der Waals surface area (Å²) in [7, 11) is 0. The average molecular weight is 1090 g/mol. The summed E-state index contributed by atoms with van der Waals surface area (Å²) in [5.74, 6) is -12.3. The van der Waals surface area contributed by atoms with Gasteiger partial charge in [-0.1, -0.05) is 70.4 Å². The van der Waals surface area contributed by atoms with Crippen LogP contribution in [0.3, 0.4) is 0 Å². The molecule has 27 heteroatoms. The number of H-pyrrole nitrogens is 1. The van der Waals surface area contributed by atoms with E-state index in [1.807, 2.05) is 31.2 Å². The Kier molecular flexibility index (Phi) is 24.0. The van der Waals surface area contributed by atoms with Crippen molar-refractivity contribution in [2.45, 2.75) is 127 Å². The van der Waals surface area contributed by atoms with Gasteiger partial charge in [-0.3, -0.25) is 52.7 Å². The normalized spacial score (nSPS) is 15.6. The van der Waals surface area contributed by atoms with Crippen molar-refractivity contribution >= 4 is 81.9 Å². The van der Waals surface area contributed by atoms with E-state index in [0.29, 0.717) is 31.2 Å². The molecular weight excluding hydrogens is 1020 g/mol. The molecule has 0 spiro atoms. The van der Waals surface area contributed by atoms with Crippen molar-refractivity contribution in [3.05, 3.63) is 65.9 Å². The highest BCUT2D eigenvalue weighted by Gasteiger charge is 2.39. The molecule has 2 aromatic carbocycles. The minimum absolute atomic E-state index is 0.0237. The highest BCUT2D eigenvalue weighted by atomic mass is 16.4. The van der Waals surface area contributed by atoms with Crippen LogP contribution in [-0.4, -0.2) is 165 Å². The Labute approximate surface area is 448 Å². The smallest absolute Gasteiger partial charge is 0.326 e. The van der Waals surface area contributed by atoms with Gasteiger partial charge in [0, 0.05) is 30.1 Å². The number of likely N-dealkylation sites (tertiary alicyclic amines) is 1. The van der Waals surface area contributed by atoms with Crippen LogP contribution in [-0.2, 0) is 70.4 Å². The van der Waals surface area contributed by atoms with Gasteiger partial charge in [-0.05, 0) is 60.9 Å². The number of aliphatic carboxylic acids is 2. The number of rotatable bonds is 31. The number of phenols is 1. The van der Waals surface area contributed by atoms with Gasteiger partial charge in [0.25, 0.3) is 0 Å². The number of carbonyl (C=O) groups is 12. The first-order valence-electron chi connectivity index (χ1n) is 25.4. The first kappa shape index (κ1) is 61.9. The van der Waals surface area contributed by atoms with Gasteiger partial charge in [-0.2, -0.15) is 0 Å². The highest BCUT2D eigenvalue weighted by Crippen LogP contribution is 2.21. The Morgan fingerprint density at radius 2 is 1.35 bits per heavy atom. The summed E-state index contributed by atoms with van der Waals surface area (Å²) in [6, 6.07) is 3.21.